The number of aryl methyl sites for hydroxylation is 1. The molecule has 1 fully saturated rings. The summed E-state index contributed by atoms with van der Waals surface area (Å²) in [6.07, 6.45) is 6.42. The van der Waals surface area contributed by atoms with Gasteiger partial charge >= 0.3 is 0 Å². The third-order valence-electron chi connectivity index (χ3n) is 5.68. The third kappa shape index (κ3) is 6.52. The molecule has 5 nitrogen and oxygen atoms in total. The zero-order valence-electron chi connectivity index (χ0n) is 17.7. The van der Waals surface area contributed by atoms with Gasteiger partial charge in [-0.1, -0.05) is 61.2 Å². The maximum Gasteiger partial charge on any atom is 0.255 e. The second-order valence-electron chi connectivity index (χ2n) is 7.85. The molecule has 2 aromatic carbocycles. The summed E-state index contributed by atoms with van der Waals surface area (Å²) in [4.78, 5) is 27.2. The van der Waals surface area contributed by atoms with Crippen molar-refractivity contribution in [1.29, 1.82) is 0 Å². The number of rotatable bonds is 6. The van der Waals surface area contributed by atoms with Crippen molar-refractivity contribution in [3.63, 3.8) is 0 Å². The van der Waals surface area contributed by atoms with Crippen LogP contribution in [0.15, 0.2) is 48.5 Å². The minimum Gasteiger partial charge on any atom is -0.339 e. The molecule has 0 bridgehead atoms. The molecule has 164 valence electrons. The summed E-state index contributed by atoms with van der Waals surface area (Å²) in [5.41, 5.74) is 2.05. The Balaban J connectivity index is 1.58. The number of hydrogen-bond donors (Lipinski definition) is 2. The number of carbonyl (C=O) groups is 2. The summed E-state index contributed by atoms with van der Waals surface area (Å²) in [6, 6.07) is 15.0. The summed E-state index contributed by atoms with van der Waals surface area (Å²) in [5.74, 6) is -0.247. The van der Waals surface area contributed by atoms with E-state index in [0.717, 1.165) is 31.2 Å². The number of para-hydroxylation sites is 1. The molecule has 3 rings (SSSR count). The van der Waals surface area contributed by atoms with Gasteiger partial charge in [0.1, 0.15) is 0 Å². The van der Waals surface area contributed by atoms with Crippen LogP contribution < -0.4 is 10.6 Å². The molecule has 31 heavy (non-hydrogen) atoms. The van der Waals surface area contributed by atoms with Crippen LogP contribution in [0.25, 0.3) is 0 Å². The molecule has 0 atom stereocenters. The van der Waals surface area contributed by atoms with Crippen molar-refractivity contribution < 1.29 is 9.59 Å². The lowest BCUT2D eigenvalue weighted by Gasteiger charge is -2.31. The van der Waals surface area contributed by atoms with Crippen LogP contribution in [-0.4, -0.2) is 34.9 Å². The number of thiocarbonyl (C=S) groups is 1. The first kappa shape index (κ1) is 23.2. The normalized spacial score (nSPS) is 14.0. The van der Waals surface area contributed by atoms with Gasteiger partial charge in [0.05, 0.1) is 11.3 Å². The first-order valence-corrected chi connectivity index (χ1v) is 11.4. The number of benzene rings is 2. The average molecular weight is 458 g/mol. The number of carbonyl (C=O) groups excluding carboxylic acids is 2. The molecule has 1 saturated carbocycles. The average Bonchev–Trinajstić information content (AvgIpc) is 2.78. The van der Waals surface area contributed by atoms with Crippen LogP contribution in [0, 0.1) is 0 Å². The van der Waals surface area contributed by atoms with Gasteiger partial charge < -0.3 is 15.5 Å². The maximum atomic E-state index is 13.1. The van der Waals surface area contributed by atoms with Crippen LogP contribution in [0.4, 0.5) is 5.69 Å². The van der Waals surface area contributed by atoms with Gasteiger partial charge in [0.15, 0.2) is 5.11 Å². The Kier molecular flexibility index (Phi) is 8.43. The van der Waals surface area contributed by atoms with Crippen molar-refractivity contribution in [3.8, 4) is 0 Å². The highest BCUT2D eigenvalue weighted by atomic mass is 35.5. The Bertz CT molecular complexity index is 944. The summed E-state index contributed by atoms with van der Waals surface area (Å²) in [7, 11) is 1.86. The zero-order chi connectivity index (χ0) is 22.2. The Morgan fingerprint density at radius 2 is 1.74 bits per heavy atom. The zero-order valence-corrected chi connectivity index (χ0v) is 19.3. The Hall–Kier alpha value is -2.44. The Labute approximate surface area is 194 Å². The molecule has 7 heteroatoms. The van der Waals surface area contributed by atoms with Crippen molar-refractivity contribution >= 4 is 46.4 Å². The van der Waals surface area contributed by atoms with Crippen LogP contribution in [0.2, 0.25) is 5.02 Å². The Morgan fingerprint density at radius 1 is 1.06 bits per heavy atom. The van der Waals surface area contributed by atoms with E-state index >= 15 is 0 Å². The number of halogens is 1. The first-order valence-electron chi connectivity index (χ1n) is 10.7. The van der Waals surface area contributed by atoms with Gasteiger partial charge in [-0.25, -0.2) is 0 Å². The van der Waals surface area contributed by atoms with Crippen molar-refractivity contribution in [1.82, 2.24) is 10.2 Å². The molecular weight excluding hydrogens is 430 g/mol. The van der Waals surface area contributed by atoms with Gasteiger partial charge in [-0.2, -0.15) is 0 Å². The molecule has 2 aromatic rings. The number of anilines is 1. The second kappa shape index (κ2) is 11.3. The smallest absolute Gasteiger partial charge is 0.255 e. The molecule has 1 aliphatic rings. The molecule has 1 aliphatic carbocycles. The first-order chi connectivity index (χ1) is 15.0. The molecule has 0 unspecified atom stereocenters. The van der Waals surface area contributed by atoms with Crippen molar-refractivity contribution in [3.05, 3.63) is 64.7 Å². The molecule has 0 heterocycles. The van der Waals surface area contributed by atoms with Gasteiger partial charge in [-0.15, -0.1) is 0 Å². The predicted octanol–water partition coefficient (Wildman–Crippen LogP) is 5.19. The lowest BCUT2D eigenvalue weighted by Crippen LogP contribution is -2.39. The van der Waals surface area contributed by atoms with Gasteiger partial charge in [0.25, 0.3) is 5.91 Å². The van der Waals surface area contributed by atoms with E-state index in [1.54, 1.807) is 18.2 Å². The van der Waals surface area contributed by atoms with E-state index in [2.05, 4.69) is 10.6 Å². The summed E-state index contributed by atoms with van der Waals surface area (Å²) in [6.45, 7) is 0. The highest BCUT2D eigenvalue weighted by Gasteiger charge is 2.24. The van der Waals surface area contributed by atoms with Crippen molar-refractivity contribution in [2.45, 2.75) is 51.0 Å². The highest BCUT2D eigenvalue weighted by Crippen LogP contribution is 2.25. The molecule has 2 N–H and O–H groups in total. The van der Waals surface area contributed by atoms with Crippen LogP contribution in [-0.2, 0) is 11.2 Å². The minimum absolute atomic E-state index is 0.0390. The van der Waals surface area contributed by atoms with Crippen LogP contribution in [0.1, 0.15) is 54.4 Å². The van der Waals surface area contributed by atoms with Gasteiger partial charge in [-0.3, -0.25) is 9.59 Å². The van der Waals surface area contributed by atoms with Gasteiger partial charge in [-0.05, 0) is 55.2 Å². The number of nitrogens with zero attached hydrogens (tertiary/aromatic N) is 1. The number of amides is 2. The van der Waals surface area contributed by atoms with E-state index in [1.807, 2.05) is 42.3 Å². The SMILES string of the molecule is CN(C(=O)c1ccccc1NC(=S)NC(=O)CCc1ccccc1Cl)C1CCCCC1. The monoisotopic (exact) mass is 457 g/mol. The lowest BCUT2D eigenvalue weighted by molar-refractivity contribution is -0.119. The summed E-state index contributed by atoms with van der Waals surface area (Å²) >= 11 is 11.5. The molecule has 0 aromatic heterocycles. The van der Waals surface area contributed by atoms with Crippen LogP contribution >= 0.6 is 23.8 Å². The standard InChI is InChI=1S/C24H28ClN3O2S/c1-28(18-10-3-2-4-11-18)23(30)19-12-6-8-14-21(19)26-24(31)27-22(29)16-15-17-9-5-7-13-20(17)25/h5-9,12-14,18H,2-4,10-11,15-16H2,1H3,(H2,26,27,29,31). The Morgan fingerprint density at radius 3 is 2.48 bits per heavy atom. The highest BCUT2D eigenvalue weighted by molar-refractivity contribution is 7.80. The molecule has 0 spiro atoms. The molecular formula is C24H28ClN3O2S. The fourth-order valence-corrected chi connectivity index (χ4v) is 4.35. The predicted molar refractivity (Wildman–Crippen MR) is 130 cm³/mol. The molecule has 0 aliphatic heterocycles. The molecule has 0 saturated heterocycles. The fourth-order valence-electron chi connectivity index (χ4n) is 3.89. The van der Waals surface area contributed by atoms with E-state index in [-0.39, 0.29) is 29.4 Å². The second-order valence-corrected chi connectivity index (χ2v) is 8.66. The van der Waals surface area contributed by atoms with Crippen LogP contribution in [0.3, 0.4) is 0 Å². The topological polar surface area (TPSA) is 61.4 Å². The van der Waals surface area contributed by atoms with Gasteiger partial charge in [0.2, 0.25) is 5.91 Å². The molecule has 2 amide bonds. The fraction of sp³-hybridized carbons (Fsp3) is 0.375. The summed E-state index contributed by atoms with van der Waals surface area (Å²) in [5, 5.41) is 6.52. The van der Waals surface area contributed by atoms with E-state index in [0.29, 0.717) is 22.7 Å². The van der Waals surface area contributed by atoms with Crippen molar-refractivity contribution in [2.24, 2.45) is 0 Å². The van der Waals surface area contributed by atoms with E-state index in [4.69, 9.17) is 23.8 Å². The minimum atomic E-state index is -0.208. The number of hydrogen-bond acceptors (Lipinski definition) is 3. The van der Waals surface area contributed by atoms with Crippen LogP contribution in [0.5, 0.6) is 0 Å². The van der Waals surface area contributed by atoms with E-state index in [1.165, 1.54) is 6.42 Å². The van der Waals surface area contributed by atoms with E-state index < -0.39 is 0 Å². The van der Waals surface area contributed by atoms with E-state index in [9.17, 15) is 9.59 Å². The molecule has 0 radical (unpaired) electrons. The maximum absolute atomic E-state index is 13.1. The third-order valence-corrected chi connectivity index (χ3v) is 6.25. The summed E-state index contributed by atoms with van der Waals surface area (Å²) < 4.78 is 0. The van der Waals surface area contributed by atoms with Gasteiger partial charge in [0, 0.05) is 24.5 Å². The lowest BCUT2D eigenvalue weighted by atomic mass is 9.94. The quantitative estimate of drug-likeness (QED) is 0.586. The largest absolute Gasteiger partial charge is 0.339 e. The number of nitrogens with one attached hydrogen (secondary N) is 2. The van der Waals surface area contributed by atoms with Crippen molar-refractivity contribution in [2.75, 3.05) is 12.4 Å².